The van der Waals surface area contributed by atoms with Crippen LogP contribution in [0.3, 0.4) is 0 Å². The molecule has 0 saturated heterocycles. The van der Waals surface area contributed by atoms with Gasteiger partial charge in [-0.1, -0.05) is 13.0 Å². The standard InChI is InChI=1S/C12H17N3O2S2/c1-2-18-12-6-3-5-11(10(12)9-13)15-7-4-8-19(14,16)17/h3,5-6,15H,2,4,7-8H2,1H3,(H2,14,16,17). The van der Waals surface area contributed by atoms with Gasteiger partial charge in [-0.15, -0.1) is 11.8 Å². The molecule has 5 nitrogen and oxygen atoms in total. The van der Waals surface area contributed by atoms with Crippen molar-refractivity contribution in [2.45, 2.75) is 18.2 Å². The van der Waals surface area contributed by atoms with Crippen LogP contribution in [0.25, 0.3) is 0 Å². The monoisotopic (exact) mass is 299 g/mol. The number of nitrogens with two attached hydrogens (primary N) is 1. The first-order chi connectivity index (χ1) is 8.98. The summed E-state index contributed by atoms with van der Waals surface area (Å²) < 4.78 is 21.6. The lowest BCUT2D eigenvalue weighted by molar-refractivity contribution is 0.596. The second-order valence-electron chi connectivity index (χ2n) is 3.87. The number of thioether (sulfide) groups is 1. The van der Waals surface area contributed by atoms with Crippen LogP contribution < -0.4 is 10.5 Å². The number of rotatable bonds is 7. The first-order valence-corrected chi connectivity index (χ1v) is 8.58. The van der Waals surface area contributed by atoms with Crippen molar-refractivity contribution in [2.24, 2.45) is 5.14 Å². The number of sulfonamides is 1. The molecule has 0 unspecified atom stereocenters. The van der Waals surface area contributed by atoms with Crippen molar-refractivity contribution in [3.05, 3.63) is 23.8 Å². The molecule has 0 saturated carbocycles. The normalized spacial score (nSPS) is 11.0. The smallest absolute Gasteiger partial charge is 0.209 e. The van der Waals surface area contributed by atoms with E-state index in [1.165, 1.54) is 0 Å². The summed E-state index contributed by atoms with van der Waals surface area (Å²) in [5.74, 6) is 0.828. The molecule has 3 N–H and O–H groups in total. The fraction of sp³-hybridized carbons (Fsp3) is 0.417. The number of benzene rings is 1. The first kappa shape index (κ1) is 15.8. The maximum absolute atomic E-state index is 10.8. The summed E-state index contributed by atoms with van der Waals surface area (Å²) in [6.07, 6.45) is 0.412. The molecule has 0 aromatic heterocycles. The minimum Gasteiger partial charge on any atom is -0.384 e. The van der Waals surface area contributed by atoms with Crippen molar-refractivity contribution in [3.63, 3.8) is 0 Å². The van der Waals surface area contributed by atoms with Gasteiger partial charge in [-0.2, -0.15) is 5.26 Å². The van der Waals surface area contributed by atoms with Crippen molar-refractivity contribution in [1.29, 1.82) is 5.26 Å². The summed E-state index contributed by atoms with van der Waals surface area (Å²) in [6, 6.07) is 7.78. The SMILES string of the molecule is CCSc1cccc(NCCCS(N)(=O)=O)c1C#N. The van der Waals surface area contributed by atoms with Gasteiger partial charge in [0.2, 0.25) is 10.0 Å². The summed E-state index contributed by atoms with van der Waals surface area (Å²) in [4.78, 5) is 0.932. The molecule has 1 aromatic carbocycles. The molecule has 0 radical (unpaired) electrons. The fourth-order valence-corrected chi connectivity index (χ4v) is 2.90. The van der Waals surface area contributed by atoms with Crippen molar-refractivity contribution in [1.82, 2.24) is 0 Å². The van der Waals surface area contributed by atoms with E-state index in [9.17, 15) is 13.7 Å². The number of nitrogens with one attached hydrogen (secondary N) is 1. The Balaban J connectivity index is 2.68. The number of hydrogen-bond donors (Lipinski definition) is 2. The maximum atomic E-state index is 10.8. The van der Waals surface area contributed by atoms with E-state index in [1.807, 2.05) is 25.1 Å². The number of hydrogen-bond acceptors (Lipinski definition) is 5. The Morgan fingerprint density at radius 2 is 2.21 bits per heavy atom. The zero-order valence-electron chi connectivity index (χ0n) is 10.7. The number of nitriles is 1. The summed E-state index contributed by atoms with van der Waals surface area (Å²) in [6.45, 7) is 2.49. The van der Waals surface area contributed by atoms with Crippen LogP contribution in [0.15, 0.2) is 23.1 Å². The van der Waals surface area contributed by atoms with Gasteiger partial charge in [-0.05, 0) is 24.3 Å². The lowest BCUT2D eigenvalue weighted by Gasteiger charge is -2.10. The molecule has 19 heavy (non-hydrogen) atoms. The number of anilines is 1. The van der Waals surface area contributed by atoms with Crippen LogP contribution in [0.2, 0.25) is 0 Å². The van der Waals surface area contributed by atoms with E-state index in [2.05, 4.69) is 11.4 Å². The van der Waals surface area contributed by atoms with Crippen molar-refractivity contribution in [3.8, 4) is 6.07 Å². The summed E-state index contributed by atoms with van der Waals surface area (Å²) >= 11 is 1.61. The topological polar surface area (TPSA) is 96.0 Å². The third-order valence-electron chi connectivity index (χ3n) is 2.36. The second-order valence-corrected chi connectivity index (χ2v) is 6.91. The third kappa shape index (κ3) is 5.51. The Hall–Kier alpha value is -1.23. The van der Waals surface area contributed by atoms with E-state index < -0.39 is 10.0 Å². The minimum atomic E-state index is -3.42. The highest BCUT2D eigenvalue weighted by molar-refractivity contribution is 7.99. The van der Waals surface area contributed by atoms with Crippen LogP contribution in [0.1, 0.15) is 18.9 Å². The molecule has 0 aliphatic carbocycles. The van der Waals surface area contributed by atoms with Crippen LogP contribution in [0.4, 0.5) is 5.69 Å². The molecule has 0 fully saturated rings. The van der Waals surface area contributed by atoms with E-state index in [4.69, 9.17) is 5.14 Å². The van der Waals surface area contributed by atoms with Crippen LogP contribution in [0.5, 0.6) is 0 Å². The quantitative estimate of drug-likeness (QED) is 0.591. The van der Waals surface area contributed by atoms with Gasteiger partial charge in [0.1, 0.15) is 6.07 Å². The molecule has 0 bridgehead atoms. The molecule has 1 rings (SSSR count). The van der Waals surface area contributed by atoms with Gasteiger partial charge in [0.15, 0.2) is 0 Å². The van der Waals surface area contributed by atoms with Gasteiger partial charge in [0.25, 0.3) is 0 Å². The summed E-state index contributed by atoms with van der Waals surface area (Å²) in [5.41, 5.74) is 1.33. The zero-order valence-corrected chi connectivity index (χ0v) is 12.4. The lowest BCUT2D eigenvalue weighted by Crippen LogP contribution is -2.18. The third-order valence-corrected chi connectivity index (χ3v) is 4.16. The molecular weight excluding hydrogens is 282 g/mol. The minimum absolute atomic E-state index is 0.0642. The molecule has 7 heteroatoms. The number of nitrogens with zero attached hydrogens (tertiary/aromatic N) is 1. The predicted octanol–water partition coefficient (Wildman–Crippen LogP) is 1.76. The van der Waals surface area contributed by atoms with Gasteiger partial charge in [-0.25, -0.2) is 13.6 Å². The molecule has 104 valence electrons. The summed E-state index contributed by atoms with van der Waals surface area (Å²) in [7, 11) is -3.42. The molecule has 0 atom stereocenters. The first-order valence-electron chi connectivity index (χ1n) is 5.88. The molecular formula is C12H17N3O2S2. The van der Waals surface area contributed by atoms with Gasteiger partial charge in [-0.3, -0.25) is 0 Å². The lowest BCUT2D eigenvalue weighted by atomic mass is 10.2. The van der Waals surface area contributed by atoms with E-state index in [1.54, 1.807) is 11.8 Å². The largest absolute Gasteiger partial charge is 0.384 e. The average molecular weight is 299 g/mol. The van der Waals surface area contributed by atoms with E-state index >= 15 is 0 Å². The Labute approximate surface area is 118 Å². The molecule has 0 amide bonds. The molecule has 0 aliphatic rings. The highest BCUT2D eigenvalue weighted by Crippen LogP contribution is 2.27. The Bertz CT molecular complexity index is 565. The Morgan fingerprint density at radius 1 is 1.47 bits per heavy atom. The van der Waals surface area contributed by atoms with E-state index in [0.29, 0.717) is 18.5 Å². The zero-order chi connectivity index (χ0) is 14.3. The van der Waals surface area contributed by atoms with Crippen LogP contribution >= 0.6 is 11.8 Å². The van der Waals surface area contributed by atoms with Crippen LogP contribution in [-0.4, -0.2) is 26.5 Å². The molecule has 0 aliphatic heterocycles. The highest BCUT2D eigenvalue weighted by atomic mass is 32.2. The summed E-state index contributed by atoms with van der Waals surface area (Å²) in [5, 5.41) is 17.2. The molecule has 0 spiro atoms. The van der Waals surface area contributed by atoms with Gasteiger partial charge in [0.05, 0.1) is 17.0 Å². The second kappa shape index (κ2) is 7.38. The van der Waals surface area contributed by atoms with Crippen LogP contribution in [-0.2, 0) is 10.0 Å². The average Bonchev–Trinajstić information content (AvgIpc) is 2.34. The van der Waals surface area contributed by atoms with Gasteiger partial charge < -0.3 is 5.32 Å². The van der Waals surface area contributed by atoms with Crippen molar-refractivity contribution in [2.75, 3.05) is 23.4 Å². The maximum Gasteiger partial charge on any atom is 0.209 e. The number of primary sulfonamides is 1. The van der Waals surface area contributed by atoms with Crippen molar-refractivity contribution < 1.29 is 8.42 Å². The van der Waals surface area contributed by atoms with E-state index in [-0.39, 0.29) is 5.75 Å². The molecule has 1 aromatic rings. The van der Waals surface area contributed by atoms with E-state index in [0.717, 1.165) is 16.3 Å². The Morgan fingerprint density at radius 3 is 2.79 bits per heavy atom. The fourth-order valence-electron chi connectivity index (χ4n) is 1.57. The highest BCUT2D eigenvalue weighted by Gasteiger charge is 2.08. The van der Waals surface area contributed by atoms with Crippen LogP contribution in [0, 0.1) is 11.3 Å². The molecule has 0 heterocycles. The Kier molecular flexibility index (Phi) is 6.15. The van der Waals surface area contributed by atoms with Gasteiger partial charge >= 0.3 is 0 Å². The predicted molar refractivity (Wildman–Crippen MR) is 78.6 cm³/mol. The van der Waals surface area contributed by atoms with Crippen molar-refractivity contribution >= 4 is 27.5 Å². The van der Waals surface area contributed by atoms with Gasteiger partial charge in [0, 0.05) is 11.4 Å².